The van der Waals surface area contributed by atoms with E-state index in [1.54, 1.807) is 12.1 Å². The molecule has 1 heterocycles. The van der Waals surface area contributed by atoms with Crippen LogP contribution in [0.15, 0.2) is 66.7 Å². The Bertz CT molecular complexity index is 1040. The van der Waals surface area contributed by atoms with Crippen molar-refractivity contribution in [3.63, 3.8) is 0 Å². The summed E-state index contributed by atoms with van der Waals surface area (Å²) in [5.74, 6) is -0.928. The monoisotopic (exact) mass is 405 g/mol. The van der Waals surface area contributed by atoms with Crippen LogP contribution in [0.25, 0.3) is 0 Å². The molecule has 4 rings (SSSR count). The normalized spacial score (nSPS) is 12.6. The molecule has 0 spiro atoms. The summed E-state index contributed by atoms with van der Waals surface area (Å²) in [7, 11) is 0. The summed E-state index contributed by atoms with van der Waals surface area (Å²) in [6.45, 7) is 2.16. The van der Waals surface area contributed by atoms with Gasteiger partial charge >= 0.3 is 5.97 Å². The predicted octanol–water partition coefficient (Wildman–Crippen LogP) is 4.98. The molecule has 154 valence electrons. The van der Waals surface area contributed by atoms with Crippen LogP contribution in [0, 0.1) is 5.82 Å². The van der Waals surface area contributed by atoms with Gasteiger partial charge in [0, 0.05) is 36.8 Å². The van der Waals surface area contributed by atoms with Crippen LogP contribution in [0.3, 0.4) is 0 Å². The first-order chi connectivity index (χ1) is 14.6. The van der Waals surface area contributed by atoms with E-state index in [9.17, 15) is 9.18 Å². The van der Waals surface area contributed by atoms with Crippen molar-refractivity contribution in [1.82, 2.24) is 0 Å². The molecule has 1 aliphatic rings. The van der Waals surface area contributed by atoms with Crippen molar-refractivity contribution in [2.24, 2.45) is 0 Å². The molecule has 1 N–H and O–H groups in total. The minimum atomic E-state index is -0.937. The molecule has 0 saturated carbocycles. The van der Waals surface area contributed by atoms with Gasteiger partial charge in [0.1, 0.15) is 18.2 Å². The van der Waals surface area contributed by atoms with Gasteiger partial charge in [-0.15, -0.1) is 0 Å². The quantitative estimate of drug-likeness (QED) is 0.574. The molecule has 4 nitrogen and oxygen atoms in total. The van der Waals surface area contributed by atoms with Crippen molar-refractivity contribution in [2.75, 3.05) is 11.4 Å². The lowest BCUT2D eigenvalue weighted by atomic mass is 10.1. The van der Waals surface area contributed by atoms with E-state index in [4.69, 9.17) is 9.84 Å². The minimum absolute atomic E-state index is 0.0927. The number of anilines is 1. The first-order valence-corrected chi connectivity index (χ1v) is 10.1. The average Bonchev–Trinajstić information content (AvgIpc) is 3.15. The number of carbonyl (C=O) groups is 1. The van der Waals surface area contributed by atoms with E-state index < -0.39 is 11.8 Å². The van der Waals surface area contributed by atoms with Gasteiger partial charge in [0.25, 0.3) is 0 Å². The highest BCUT2D eigenvalue weighted by atomic mass is 19.1. The van der Waals surface area contributed by atoms with E-state index >= 15 is 0 Å². The molecule has 0 aliphatic carbocycles. The maximum absolute atomic E-state index is 14.3. The fourth-order valence-electron chi connectivity index (χ4n) is 3.92. The lowest BCUT2D eigenvalue weighted by Crippen LogP contribution is -2.21. The van der Waals surface area contributed by atoms with Crippen LogP contribution in [0.2, 0.25) is 0 Å². The van der Waals surface area contributed by atoms with E-state index in [2.05, 4.69) is 41.3 Å². The van der Waals surface area contributed by atoms with Crippen molar-refractivity contribution in [3.8, 4) is 5.75 Å². The number of nitrogens with zero attached hydrogens (tertiary/aromatic N) is 1. The van der Waals surface area contributed by atoms with Gasteiger partial charge in [0.15, 0.2) is 0 Å². The maximum Gasteiger partial charge on any atom is 0.303 e. The smallest absolute Gasteiger partial charge is 0.303 e. The molecule has 1 aliphatic heterocycles. The predicted molar refractivity (Wildman–Crippen MR) is 114 cm³/mol. The molecule has 3 aromatic carbocycles. The number of carboxylic acids is 1. The first-order valence-electron chi connectivity index (χ1n) is 10.1. The summed E-state index contributed by atoms with van der Waals surface area (Å²) in [5, 5.41) is 8.77. The van der Waals surface area contributed by atoms with Crippen LogP contribution in [0.1, 0.15) is 28.7 Å². The number of para-hydroxylation sites is 1. The highest BCUT2D eigenvalue weighted by molar-refractivity contribution is 5.67. The molecular weight excluding hydrogens is 381 g/mol. The largest absolute Gasteiger partial charge is 0.489 e. The average molecular weight is 405 g/mol. The first kappa shape index (κ1) is 20.0. The molecule has 0 radical (unpaired) electrons. The molecule has 3 aromatic rings. The van der Waals surface area contributed by atoms with E-state index in [1.807, 2.05) is 12.1 Å². The van der Waals surface area contributed by atoms with Crippen LogP contribution in [-0.4, -0.2) is 17.6 Å². The fourth-order valence-corrected chi connectivity index (χ4v) is 3.92. The Morgan fingerprint density at radius 1 is 1.03 bits per heavy atom. The Morgan fingerprint density at radius 3 is 2.63 bits per heavy atom. The summed E-state index contributed by atoms with van der Waals surface area (Å²) in [6, 6.07) is 21.3. The number of hydrogen-bond donors (Lipinski definition) is 1. The van der Waals surface area contributed by atoms with Crippen molar-refractivity contribution in [1.29, 1.82) is 0 Å². The highest BCUT2D eigenvalue weighted by Gasteiger charge is 2.22. The van der Waals surface area contributed by atoms with E-state index in [1.165, 1.54) is 22.9 Å². The fraction of sp³-hybridized carbons (Fsp3) is 0.240. The van der Waals surface area contributed by atoms with Crippen molar-refractivity contribution < 1.29 is 19.0 Å². The zero-order valence-corrected chi connectivity index (χ0v) is 16.7. The second-order valence-corrected chi connectivity index (χ2v) is 7.52. The van der Waals surface area contributed by atoms with E-state index in [0.717, 1.165) is 25.1 Å². The second kappa shape index (κ2) is 8.99. The number of rotatable bonds is 8. The van der Waals surface area contributed by atoms with Gasteiger partial charge in [-0.25, -0.2) is 4.39 Å². The van der Waals surface area contributed by atoms with Crippen LogP contribution < -0.4 is 9.64 Å². The van der Waals surface area contributed by atoms with Gasteiger partial charge in [-0.05, 0) is 35.6 Å². The summed E-state index contributed by atoms with van der Waals surface area (Å²) in [4.78, 5) is 13.1. The number of ether oxygens (including phenoxy) is 1. The molecule has 30 heavy (non-hydrogen) atoms. The molecule has 5 heteroatoms. The van der Waals surface area contributed by atoms with Gasteiger partial charge < -0.3 is 14.7 Å². The molecule has 0 amide bonds. The zero-order valence-electron chi connectivity index (χ0n) is 16.7. The van der Waals surface area contributed by atoms with Crippen molar-refractivity contribution in [2.45, 2.75) is 32.4 Å². The second-order valence-electron chi connectivity index (χ2n) is 7.52. The molecule has 0 aromatic heterocycles. The third-order valence-electron chi connectivity index (χ3n) is 5.41. The number of halogens is 1. The highest BCUT2D eigenvalue weighted by Crippen LogP contribution is 2.34. The number of hydrogen-bond acceptors (Lipinski definition) is 3. The Morgan fingerprint density at radius 2 is 1.87 bits per heavy atom. The lowest BCUT2D eigenvalue weighted by molar-refractivity contribution is -0.136. The van der Waals surface area contributed by atoms with Gasteiger partial charge in [-0.2, -0.15) is 0 Å². The Balaban J connectivity index is 1.47. The van der Waals surface area contributed by atoms with Crippen LogP contribution >= 0.6 is 0 Å². The number of aryl methyl sites for hydroxylation is 1. The Kier molecular flexibility index (Phi) is 5.98. The summed E-state index contributed by atoms with van der Waals surface area (Å²) in [6.07, 6.45) is 1.08. The van der Waals surface area contributed by atoms with Crippen LogP contribution in [0.5, 0.6) is 5.75 Å². The number of fused-ring (bicyclic) bond motifs is 1. The van der Waals surface area contributed by atoms with Crippen molar-refractivity contribution >= 4 is 11.7 Å². The molecule has 0 fully saturated rings. The lowest BCUT2D eigenvalue weighted by Gasteiger charge is -2.22. The Labute approximate surface area is 175 Å². The maximum atomic E-state index is 14.3. The summed E-state index contributed by atoms with van der Waals surface area (Å²) < 4.78 is 20.2. The molecule has 0 saturated heterocycles. The summed E-state index contributed by atoms with van der Waals surface area (Å²) >= 11 is 0. The van der Waals surface area contributed by atoms with E-state index in [-0.39, 0.29) is 12.8 Å². The number of carboxylic acid groups (broad SMARTS) is 1. The van der Waals surface area contributed by atoms with Gasteiger partial charge in [0.2, 0.25) is 0 Å². The van der Waals surface area contributed by atoms with Gasteiger partial charge in [-0.1, -0.05) is 54.6 Å². The number of benzene rings is 3. The van der Waals surface area contributed by atoms with Crippen LogP contribution in [-0.2, 0) is 30.8 Å². The summed E-state index contributed by atoms with van der Waals surface area (Å²) in [5.41, 5.74) is 5.25. The molecule has 0 unspecified atom stereocenters. The third-order valence-corrected chi connectivity index (χ3v) is 5.41. The molecular formula is C25H24FNO3. The topological polar surface area (TPSA) is 49.8 Å². The minimum Gasteiger partial charge on any atom is -0.489 e. The zero-order chi connectivity index (χ0) is 20.9. The van der Waals surface area contributed by atoms with Crippen molar-refractivity contribution in [3.05, 3.63) is 94.8 Å². The number of aliphatic carboxylic acids is 1. The standard InChI is InChI=1S/C25H24FNO3/c26-23-15-22(11-9-19(23)10-12-24(28)29)30-17-21-8-4-7-20-13-14-27(25(20)21)16-18-5-2-1-3-6-18/h1-9,11,15H,10,12-14,16-17H2,(H,28,29). The SMILES string of the molecule is O=C(O)CCc1ccc(OCc2cccc3c2N(Cc2ccccc2)CC3)cc1F. The Hall–Kier alpha value is -3.34. The van der Waals surface area contributed by atoms with Gasteiger partial charge in [-0.3, -0.25) is 4.79 Å². The third kappa shape index (κ3) is 4.62. The van der Waals surface area contributed by atoms with Gasteiger partial charge in [0.05, 0.1) is 0 Å². The van der Waals surface area contributed by atoms with Crippen LogP contribution in [0.4, 0.5) is 10.1 Å². The molecule has 0 atom stereocenters. The van der Waals surface area contributed by atoms with E-state index in [0.29, 0.717) is 17.9 Å². The molecule has 0 bridgehead atoms.